The summed E-state index contributed by atoms with van der Waals surface area (Å²) >= 11 is 5.92. The van der Waals surface area contributed by atoms with Crippen LogP contribution in [0.25, 0.3) is 0 Å². The van der Waals surface area contributed by atoms with Gasteiger partial charge in [0.05, 0.1) is 9.77 Å². The molecular weight excluding hydrogens is 453 g/mol. The molecule has 2 aromatic rings. The van der Waals surface area contributed by atoms with E-state index < -0.39 is 30.7 Å². The van der Waals surface area contributed by atoms with Crippen molar-refractivity contribution in [1.29, 1.82) is 0 Å². The van der Waals surface area contributed by atoms with Gasteiger partial charge in [0.25, 0.3) is 0 Å². The number of pyridine rings is 1. The first-order valence-electron chi connectivity index (χ1n) is 10.3. The van der Waals surface area contributed by atoms with Gasteiger partial charge in [-0.05, 0) is 69.9 Å². The lowest BCUT2D eigenvalue weighted by Crippen LogP contribution is -2.61. The normalized spacial score (nSPS) is 30.8. The second-order valence-electron chi connectivity index (χ2n) is 9.27. The molecule has 2 bridgehead atoms. The van der Waals surface area contributed by atoms with Crippen molar-refractivity contribution >= 4 is 33.1 Å². The van der Waals surface area contributed by atoms with Crippen LogP contribution < -0.4 is 5.73 Å². The fraction of sp³-hybridized carbons (Fsp3) is 0.435. The largest absolute Gasteiger partial charge is 0.386 e. The van der Waals surface area contributed by atoms with Crippen molar-refractivity contribution in [2.45, 2.75) is 62.0 Å². The van der Waals surface area contributed by atoms with Gasteiger partial charge in [0.1, 0.15) is 27.6 Å². The molecule has 3 atom stereocenters. The van der Waals surface area contributed by atoms with E-state index in [1.54, 1.807) is 33.8 Å². The number of benzene rings is 1. The molecule has 32 heavy (non-hydrogen) atoms. The molecule has 9 heteroatoms. The highest BCUT2D eigenvalue weighted by atomic mass is 35.5. The number of aliphatic imine (C=N–C) groups is 1. The summed E-state index contributed by atoms with van der Waals surface area (Å²) in [6.07, 6.45) is 2.02. The van der Waals surface area contributed by atoms with Crippen LogP contribution in [0.2, 0.25) is 5.02 Å². The third-order valence-electron chi connectivity index (χ3n) is 7.41. The third kappa shape index (κ3) is 2.88. The van der Waals surface area contributed by atoms with Gasteiger partial charge < -0.3 is 5.73 Å². The quantitative estimate of drug-likeness (QED) is 0.672. The molecule has 0 radical (unpaired) electrons. The maximum Gasteiger partial charge on any atom is 0.185 e. The van der Waals surface area contributed by atoms with Crippen molar-refractivity contribution in [2.24, 2.45) is 10.7 Å². The molecular formula is C23H25ClFN3O3S. The van der Waals surface area contributed by atoms with Crippen molar-refractivity contribution in [3.8, 4) is 0 Å². The van der Waals surface area contributed by atoms with E-state index in [0.717, 1.165) is 0 Å². The predicted molar refractivity (Wildman–Crippen MR) is 122 cm³/mol. The molecule has 6 nitrogen and oxygen atoms in total. The van der Waals surface area contributed by atoms with Crippen LogP contribution in [0.1, 0.15) is 60.8 Å². The summed E-state index contributed by atoms with van der Waals surface area (Å²) in [7, 11) is -3.75. The lowest BCUT2D eigenvalue weighted by atomic mass is 9.77. The lowest BCUT2D eigenvalue weighted by molar-refractivity contribution is 0.0987. The van der Waals surface area contributed by atoms with Crippen LogP contribution in [0.15, 0.2) is 35.5 Å². The Labute approximate surface area is 192 Å². The number of Topliss-reactive ketones (excluding diaryl/α,β-unsaturated/α-hetero) is 1. The Kier molecular flexibility index (Phi) is 5.06. The monoisotopic (exact) mass is 477 g/mol. The van der Waals surface area contributed by atoms with Crippen LogP contribution in [-0.4, -0.2) is 34.5 Å². The first-order valence-corrected chi connectivity index (χ1v) is 12.2. The SMILES string of the molecule is Cc1cc(Cl)cnc1C(=O)Cc1ccc(F)c([C@@]2(C)N=C(N)[C@@]3(C)CC[C@]2(C)S3(=O)=O)c1. The molecule has 2 aliphatic heterocycles. The minimum Gasteiger partial charge on any atom is -0.386 e. The fourth-order valence-electron chi connectivity index (χ4n) is 4.99. The molecule has 1 fully saturated rings. The number of aryl methyl sites for hydroxylation is 1. The lowest BCUT2D eigenvalue weighted by Gasteiger charge is -2.46. The van der Waals surface area contributed by atoms with Crippen LogP contribution in [-0.2, 0) is 21.8 Å². The standard InChI is InChI=1S/C23H25ClFN3O3S/c1-13-9-15(24)12-27-19(13)18(29)11-14-5-6-17(25)16(10-14)23(4)22(3)8-7-21(2,20(26)28-23)32(22,30)31/h5-6,9-10,12H,7-8,11H2,1-4H3,(H2,26,28)/t21-,22+,23-/m1/s1. The molecule has 1 aromatic carbocycles. The number of fused-ring (bicyclic) bond motifs is 2. The van der Waals surface area contributed by atoms with E-state index in [-0.39, 0.29) is 29.3 Å². The van der Waals surface area contributed by atoms with Gasteiger partial charge in [0.15, 0.2) is 15.6 Å². The van der Waals surface area contributed by atoms with Crippen molar-refractivity contribution in [3.05, 3.63) is 63.7 Å². The first kappa shape index (κ1) is 22.9. The van der Waals surface area contributed by atoms with Crippen LogP contribution in [0.3, 0.4) is 0 Å². The Morgan fingerprint density at radius 3 is 2.56 bits per heavy atom. The highest BCUT2D eigenvalue weighted by Crippen LogP contribution is 2.58. The van der Waals surface area contributed by atoms with E-state index >= 15 is 4.39 Å². The van der Waals surface area contributed by atoms with Gasteiger partial charge in [0.2, 0.25) is 0 Å². The summed E-state index contributed by atoms with van der Waals surface area (Å²) in [6.45, 7) is 6.55. The summed E-state index contributed by atoms with van der Waals surface area (Å²) in [6, 6.07) is 5.94. The predicted octanol–water partition coefficient (Wildman–Crippen LogP) is 3.92. The van der Waals surface area contributed by atoms with Gasteiger partial charge in [-0.15, -0.1) is 0 Å². The number of carbonyl (C=O) groups is 1. The topological polar surface area (TPSA) is 102 Å². The Morgan fingerprint density at radius 1 is 1.22 bits per heavy atom. The van der Waals surface area contributed by atoms with E-state index in [2.05, 4.69) is 9.98 Å². The van der Waals surface area contributed by atoms with Crippen molar-refractivity contribution in [3.63, 3.8) is 0 Å². The number of hydrogen-bond acceptors (Lipinski definition) is 6. The zero-order chi connectivity index (χ0) is 23.7. The average molecular weight is 478 g/mol. The smallest absolute Gasteiger partial charge is 0.185 e. The van der Waals surface area contributed by atoms with E-state index in [1.165, 1.54) is 24.4 Å². The third-order valence-corrected chi connectivity index (χ3v) is 11.0. The van der Waals surface area contributed by atoms with Crippen molar-refractivity contribution in [2.75, 3.05) is 0 Å². The van der Waals surface area contributed by atoms with Gasteiger partial charge in [-0.3, -0.25) is 14.8 Å². The second kappa shape index (κ2) is 7.09. The highest BCUT2D eigenvalue weighted by molar-refractivity contribution is 7.95. The zero-order valence-corrected chi connectivity index (χ0v) is 19.9. The Hall–Kier alpha value is -2.32. The molecule has 2 N–H and O–H groups in total. The van der Waals surface area contributed by atoms with E-state index in [4.69, 9.17) is 17.3 Å². The summed E-state index contributed by atoms with van der Waals surface area (Å²) in [4.78, 5) is 21.5. The van der Waals surface area contributed by atoms with Crippen LogP contribution in [0, 0.1) is 12.7 Å². The van der Waals surface area contributed by atoms with Gasteiger partial charge in [-0.2, -0.15) is 0 Å². The molecule has 170 valence electrons. The molecule has 4 rings (SSSR count). The maximum atomic E-state index is 15.1. The first-order chi connectivity index (χ1) is 14.8. The summed E-state index contributed by atoms with van der Waals surface area (Å²) < 4.78 is 39.5. The van der Waals surface area contributed by atoms with Crippen molar-refractivity contribution < 1.29 is 17.6 Å². The number of nitrogens with two attached hydrogens (primary N) is 1. The number of aromatic nitrogens is 1. The second-order valence-corrected chi connectivity index (χ2v) is 12.5. The minimum atomic E-state index is -3.75. The van der Waals surface area contributed by atoms with E-state index in [0.29, 0.717) is 29.0 Å². The molecule has 0 spiro atoms. The Bertz CT molecular complexity index is 1300. The number of hydrogen-bond donors (Lipinski definition) is 1. The van der Waals surface area contributed by atoms with Crippen LogP contribution in [0.4, 0.5) is 4.39 Å². The number of sulfone groups is 1. The Balaban J connectivity index is 1.79. The minimum absolute atomic E-state index is 0.00292. The molecule has 0 saturated carbocycles. The number of ketones is 1. The van der Waals surface area contributed by atoms with E-state index in [9.17, 15) is 13.2 Å². The molecule has 3 heterocycles. The number of rotatable bonds is 4. The zero-order valence-electron chi connectivity index (χ0n) is 18.4. The van der Waals surface area contributed by atoms with Gasteiger partial charge in [-0.1, -0.05) is 17.7 Å². The number of carbonyl (C=O) groups excluding carboxylic acids is 1. The summed E-state index contributed by atoms with van der Waals surface area (Å²) in [5, 5.41) is 0.432. The van der Waals surface area contributed by atoms with Gasteiger partial charge >= 0.3 is 0 Å². The fourth-order valence-corrected chi connectivity index (χ4v) is 7.94. The number of nitrogens with zero attached hydrogens (tertiary/aromatic N) is 2. The molecule has 2 aliphatic rings. The molecule has 0 amide bonds. The van der Waals surface area contributed by atoms with Crippen molar-refractivity contribution in [1.82, 2.24) is 4.98 Å². The number of amidine groups is 1. The summed E-state index contributed by atoms with van der Waals surface area (Å²) in [5.74, 6) is -0.842. The maximum absolute atomic E-state index is 15.1. The Morgan fingerprint density at radius 2 is 1.91 bits per heavy atom. The molecule has 1 saturated heterocycles. The summed E-state index contributed by atoms with van der Waals surface area (Å²) in [5.41, 5.74) is 6.29. The highest BCUT2D eigenvalue weighted by Gasteiger charge is 2.70. The van der Waals surface area contributed by atoms with Crippen LogP contribution >= 0.6 is 11.6 Å². The molecule has 0 unspecified atom stereocenters. The molecule has 0 aliphatic carbocycles. The molecule has 1 aromatic heterocycles. The van der Waals surface area contributed by atoms with Gasteiger partial charge in [-0.25, -0.2) is 12.8 Å². The van der Waals surface area contributed by atoms with E-state index in [1.807, 2.05) is 0 Å². The van der Waals surface area contributed by atoms with Gasteiger partial charge in [0, 0.05) is 18.2 Å². The van der Waals surface area contributed by atoms with Crippen LogP contribution in [0.5, 0.6) is 0 Å². The number of halogens is 2. The average Bonchev–Trinajstić information content (AvgIpc) is 2.85.